The number of aromatic nitrogens is 2. The predicted octanol–water partition coefficient (Wildman–Crippen LogP) is 4.84. The van der Waals surface area contributed by atoms with Gasteiger partial charge in [0.25, 0.3) is 5.89 Å². The minimum Gasteiger partial charge on any atom is -0.333 e. The first-order valence-corrected chi connectivity index (χ1v) is 7.35. The van der Waals surface area contributed by atoms with E-state index < -0.39 is 0 Å². The first kappa shape index (κ1) is 13.1. The van der Waals surface area contributed by atoms with Gasteiger partial charge in [-0.25, -0.2) is 0 Å². The molecular formula is C15H11ClN2OS. The predicted molar refractivity (Wildman–Crippen MR) is 82.5 cm³/mol. The van der Waals surface area contributed by atoms with Crippen LogP contribution in [0.3, 0.4) is 0 Å². The average molecular weight is 303 g/mol. The summed E-state index contributed by atoms with van der Waals surface area (Å²) in [5.74, 6) is 0.881. The molecule has 0 atom stereocenters. The molecule has 3 aromatic rings. The fraction of sp³-hybridized carbons (Fsp3) is 0.0667. The Morgan fingerprint density at radius 1 is 1.35 bits per heavy atom. The fourth-order valence-electron chi connectivity index (χ4n) is 1.80. The third kappa shape index (κ3) is 2.81. The number of aryl methyl sites for hydroxylation is 1. The number of nitrogens with zero attached hydrogens (tertiary/aromatic N) is 2. The van der Waals surface area contributed by atoms with E-state index in [1.54, 1.807) is 11.3 Å². The Hall–Kier alpha value is -1.91. The average Bonchev–Trinajstić information content (AvgIpc) is 3.10. The van der Waals surface area contributed by atoms with Crippen LogP contribution in [0, 0.1) is 6.92 Å². The van der Waals surface area contributed by atoms with Crippen LogP contribution < -0.4 is 0 Å². The van der Waals surface area contributed by atoms with Crippen molar-refractivity contribution < 1.29 is 4.52 Å². The Balaban J connectivity index is 1.89. The molecule has 3 rings (SSSR count). The molecule has 0 amide bonds. The highest BCUT2D eigenvalue weighted by Gasteiger charge is 2.11. The van der Waals surface area contributed by atoms with Crippen LogP contribution in [0.2, 0.25) is 0 Å². The highest BCUT2D eigenvalue weighted by atomic mass is 35.5. The molecule has 0 aliphatic rings. The maximum Gasteiger partial charge on any atom is 0.269 e. The summed E-state index contributed by atoms with van der Waals surface area (Å²) < 4.78 is 5.20. The number of hydrogen-bond acceptors (Lipinski definition) is 4. The monoisotopic (exact) mass is 302 g/mol. The second kappa shape index (κ2) is 5.61. The zero-order chi connectivity index (χ0) is 13.9. The van der Waals surface area contributed by atoms with Gasteiger partial charge in [-0.2, -0.15) is 16.3 Å². The van der Waals surface area contributed by atoms with Crippen LogP contribution >= 0.6 is 22.9 Å². The van der Waals surface area contributed by atoms with E-state index in [0.29, 0.717) is 16.7 Å². The minimum atomic E-state index is 0.328. The van der Waals surface area contributed by atoms with Gasteiger partial charge in [0.1, 0.15) is 5.03 Å². The topological polar surface area (TPSA) is 38.9 Å². The van der Waals surface area contributed by atoms with E-state index >= 15 is 0 Å². The fourth-order valence-corrected chi connectivity index (χ4v) is 2.63. The summed E-state index contributed by atoms with van der Waals surface area (Å²) in [5, 5.41) is 8.30. The first-order chi connectivity index (χ1) is 9.72. The lowest BCUT2D eigenvalue weighted by molar-refractivity contribution is 0.410. The van der Waals surface area contributed by atoms with Crippen LogP contribution in [-0.2, 0) is 0 Å². The molecule has 5 heteroatoms. The van der Waals surface area contributed by atoms with Gasteiger partial charge in [-0.15, -0.1) is 0 Å². The molecule has 3 nitrogen and oxygen atoms in total. The van der Waals surface area contributed by atoms with E-state index in [-0.39, 0.29) is 0 Å². The van der Waals surface area contributed by atoms with Crippen molar-refractivity contribution in [1.82, 2.24) is 10.1 Å². The summed E-state index contributed by atoms with van der Waals surface area (Å²) in [6.45, 7) is 2.03. The smallest absolute Gasteiger partial charge is 0.269 e. The summed E-state index contributed by atoms with van der Waals surface area (Å²) in [7, 11) is 0. The van der Waals surface area contributed by atoms with Crippen LogP contribution in [-0.4, -0.2) is 10.1 Å². The molecule has 2 aromatic heterocycles. The van der Waals surface area contributed by atoms with Crippen molar-refractivity contribution >= 4 is 34.0 Å². The molecule has 0 fully saturated rings. The van der Waals surface area contributed by atoms with Crippen LogP contribution in [0.15, 0.2) is 45.6 Å². The molecule has 1 aromatic carbocycles. The Kier molecular flexibility index (Phi) is 3.67. The standard InChI is InChI=1S/C15H11ClN2OS/c1-10-3-2-4-11(7-10)8-13(16)15-17-14(18-19-15)12-5-6-20-9-12/h2-9H,1H3. The highest BCUT2D eigenvalue weighted by molar-refractivity contribution is 7.08. The van der Waals surface area contributed by atoms with E-state index in [4.69, 9.17) is 16.1 Å². The van der Waals surface area contributed by atoms with Crippen LogP contribution in [0.5, 0.6) is 0 Å². The SMILES string of the molecule is Cc1cccc(C=C(Cl)c2nc(-c3ccsc3)no2)c1. The van der Waals surface area contributed by atoms with Gasteiger partial charge in [-0.05, 0) is 30.0 Å². The van der Waals surface area contributed by atoms with Gasteiger partial charge in [0, 0.05) is 10.9 Å². The number of rotatable bonds is 3. The van der Waals surface area contributed by atoms with Crippen molar-refractivity contribution in [1.29, 1.82) is 0 Å². The Bertz CT molecular complexity index is 747. The molecule has 0 spiro atoms. The zero-order valence-corrected chi connectivity index (χ0v) is 12.3. The highest BCUT2D eigenvalue weighted by Crippen LogP contribution is 2.25. The molecule has 0 N–H and O–H groups in total. The number of benzene rings is 1. The number of hydrogen-bond donors (Lipinski definition) is 0. The zero-order valence-electron chi connectivity index (χ0n) is 10.7. The Morgan fingerprint density at radius 3 is 3.00 bits per heavy atom. The van der Waals surface area contributed by atoms with Crippen LogP contribution in [0.1, 0.15) is 17.0 Å². The number of thiophene rings is 1. The van der Waals surface area contributed by atoms with E-state index in [1.807, 2.05) is 54.1 Å². The van der Waals surface area contributed by atoms with Crippen molar-refractivity contribution in [2.24, 2.45) is 0 Å². The van der Waals surface area contributed by atoms with E-state index in [1.165, 1.54) is 5.56 Å². The Labute approximate surface area is 125 Å². The van der Waals surface area contributed by atoms with Crippen molar-refractivity contribution in [3.05, 3.63) is 58.1 Å². The normalized spacial score (nSPS) is 11.8. The van der Waals surface area contributed by atoms with Gasteiger partial charge in [-0.3, -0.25) is 0 Å². The van der Waals surface area contributed by atoms with Crippen molar-refractivity contribution in [3.8, 4) is 11.4 Å². The first-order valence-electron chi connectivity index (χ1n) is 6.03. The van der Waals surface area contributed by atoms with E-state index in [9.17, 15) is 0 Å². The second-order valence-electron chi connectivity index (χ2n) is 4.34. The lowest BCUT2D eigenvalue weighted by Crippen LogP contribution is -1.80. The maximum absolute atomic E-state index is 6.24. The number of halogens is 1. The third-order valence-corrected chi connectivity index (χ3v) is 3.70. The van der Waals surface area contributed by atoms with Crippen molar-refractivity contribution in [2.75, 3.05) is 0 Å². The summed E-state index contributed by atoms with van der Waals surface area (Å²) in [6.07, 6.45) is 1.82. The van der Waals surface area contributed by atoms with E-state index in [2.05, 4.69) is 10.1 Å². The van der Waals surface area contributed by atoms with Gasteiger partial charge >= 0.3 is 0 Å². The molecule has 0 radical (unpaired) electrons. The van der Waals surface area contributed by atoms with E-state index in [0.717, 1.165) is 11.1 Å². The molecule has 2 heterocycles. The lowest BCUT2D eigenvalue weighted by atomic mass is 10.1. The van der Waals surface area contributed by atoms with Gasteiger partial charge < -0.3 is 4.52 Å². The molecule has 0 aliphatic carbocycles. The molecule has 0 aliphatic heterocycles. The summed E-state index contributed by atoms with van der Waals surface area (Å²) in [5.41, 5.74) is 3.11. The Morgan fingerprint density at radius 2 is 2.25 bits per heavy atom. The summed E-state index contributed by atoms with van der Waals surface area (Å²) in [4.78, 5) is 4.30. The van der Waals surface area contributed by atoms with Gasteiger partial charge in [-0.1, -0.05) is 46.6 Å². The van der Waals surface area contributed by atoms with Crippen LogP contribution in [0.4, 0.5) is 0 Å². The third-order valence-electron chi connectivity index (χ3n) is 2.75. The molecule has 0 unspecified atom stereocenters. The minimum absolute atomic E-state index is 0.328. The molecule has 20 heavy (non-hydrogen) atoms. The van der Waals surface area contributed by atoms with Crippen molar-refractivity contribution in [3.63, 3.8) is 0 Å². The molecule has 100 valence electrons. The van der Waals surface area contributed by atoms with Crippen LogP contribution in [0.25, 0.3) is 22.5 Å². The molecular weight excluding hydrogens is 292 g/mol. The molecule has 0 saturated heterocycles. The summed E-state index contributed by atoms with van der Waals surface area (Å²) in [6, 6.07) is 9.98. The molecule has 0 saturated carbocycles. The largest absolute Gasteiger partial charge is 0.333 e. The maximum atomic E-state index is 6.24. The molecule has 0 bridgehead atoms. The lowest BCUT2D eigenvalue weighted by Gasteiger charge is -1.96. The quantitative estimate of drug-likeness (QED) is 0.694. The second-order valence-corrected chi connectivity index (χ2v) is 5.53. The van der Waals surface area contributed by atoms with Gasteiger partial charge in [0.2, 0.25) is 5.82 Å². The summed E-state index contributed by atoms with van der Waals surface area (Å²) >= 11 is 7.82. The van der Waals surface area contributed by atoms with Crippen molar-refractivity contribution in [2.45, 2.75) is 6.92 Å². The van der Waals surface area contributed by atoms with Gasteiger partial charge in [0.15, 0.2) is 0 Å². The van der Waals surface area contributed by atoms with Gasteiger partial charge in [0.05, 0.1) is 0 Å².